The second-order valence-electron chi connectivity index (χ2n) is 5.44. The van der Waals surface area contributed by atoms with Gasteiger partial charge in [-0.15, -0.1) is 0 Å². The molecule has 4 nitrogen and oxygen atoms in total. The van der Waals surface area contributed by atoms with E-state index in [-0.39, 0.29) is 0 Å². The molecule has 116 valence electrons. The quantitative estimate of drug-likeness (QED) is 0.770. The van der Waals surface area contributed by atoms with Crippen molar-refractivity contribution in [3.63, 3.8) is 0 Å². The third-order valence-corrected chi connectivity index (χ3v) is 3.47. The molecule has 0 amide bonds. The lowest BCUT2D eigenvalue weighted by molar-refractivity contribution is 0.415. The molecule has 0 aliphatic rings. The van der Waals surface area contributed by atoms with Crippen molar-refractivity contribution in [1.82, 2.24) is 9.97 Å². The van der Waals surface area contributed by atoms with Crippen LogP contribution in [0.1, 0.15) is 11.3 Å². The first-order valence-corrected chi connectivity index (χ1v) is 7.48. The Morgan fingerprint density at radius 1 is 0.913 bits per heavy atom. The minimum atomic E-state index is 0.721. The number of ether oxygens (including phenoxy) is 1. The highest BCUT2D eigenvalue weighted by Gasteiger charge is 2.06. The Kier molecular flexibility index (Phi) is 4.24. The van der Waals surface area contributed by atoms with E-state index in [0.717, 1.165) is 34.3 Å². The van der Waals surface area contributed by atoms with Crippen molar-refractivity contribution in [2.75, 3.05) is 12.4 Å². The normalized spacial score (nSPS) is 10.4. The summed E-state index contributed by atoms with van der Waals surface area (Å²) in [5, 5.41) is 3.31. The lowest BCUT2D eigenvalue weighted by Crippen LogP contribution is -1.99. The molecular weight excluding hydrogens is 286 g/mol. The zero-order valence-electron chi connectivity index (χ0n) is 13.5. The maximum atomic E-state index is 5.25. The Morgan fingerprint density at radius 2 is 1.74 bits per heavy atom. The van der Waals surface area contributed by atoms with Gasteiger partial charge < -0.3 is 10.1 Å². The SMILES string of the molecule is COc1cccc(Nc2cc(C)nc(-c3cccc(C)c3)n2)c1. The first-order valence-electron chi connectivity index (χ1n) is 7.48. The smallest absolute Gasteiger partial charge is 0.161 e. The van der Waals surface area contributed by atoms with Crippen LogP contribution in [0.25, 0.3) is 11.4 Å². The van der Waals surface area contributed by atoms with Crippen LogP contribution in [-0.2, 0) is 0 Å². The fourth-order valence-electron chi connectivity index (χ4n) is 2.39. The standard InChI is InChI=1S/C19H19N3O/c1-13-6-4-7-15(10-13)19-20-14(2)11-18(22-19)21-16-8-5-9-17(12-16)23-3/h4-12H,1-3H3,(H,20,21,22). The molecule has 0 bridgehead atoms. The summed E-state index contributed by atoms with van der Waals surface area (Å²) in [7, 11) is 1.66. The van der Waals surface area contributed by atoms with Gasteiger partial charge in [-0.1, -0.05) is 29.8 Å². The van der Waals surface area contributed by atoms with Crippen molar-refractivity contribution in [2.24, 2.45) is 0 Å². The summed E-state index contributed by atoms with van der Waals surface area (Å²) in [5.41, 5.74) is 4.05. The van der Waals surface area contributed by atoms with Gasteiger partial charge in [0.2, 0.25) is 0 Å². The van der Waals surface area contributed by atoms with E-state index in [4.69, 9.17) is 4.74 Å². The van der Waals surface area contributed by atoms with Crippen molar-refractivity contribution in [3.8, 4) is 17.1 Å². The average Bonchev–Trinajstić information content (AvgIpc) is 2.54. The van der Waals surface area contributed by atoms with Gasteiger partial charge in [-0.25, -0.2) is 9.97 Å². The number of aromatic nitrogens is 2. The number of benzene rings is 2. The molecule has 2 aromatic carbocycles. The molecule has 1 aromatic heterocycles. The first kappa shape index (κ1) is 15.0. The van der Waals surface area contributed by atoms with Crippen LogP contribution in [0.5, 0.6) is 5.75 Å². The zero-order valence-corrected chi connectivity index (χ0v) is 13.5. The molecule has 0 unspecified atom stereocenters. The van der Waals surface area contributed by atoms with Gasteiger partial charge in [0.1, 0.15) is 11.6 Å². The maximum absolute atomic E-state index is 5.25. The van der Waals surface area contributed by atoms with Gasteiger partial charge in [0.05, 0.1) is 7.11 Å². The van der Waals surface area contributed by atoms with Gasteiger partial charge in [0, 0.05) is 29.1 Å². The van der Waals surface area contributed by atoms with Crippen LogP contribution in [0.3, 0.4) is 0 Å². The average molecular weight is 305 g/mol. The van der Waals surface area contributed by atoms with Crippen LogP contribution >= 0.6 is 0 Å². The van der Waals surface area contributed by atoms with E-state index in [0.29, 0.717) is 0 Å². The second kappa shape index (κ2) is 6.48. The van der Waals surface area contributed by atoms with Crippen LogP contribution < -0.4 is 10.1 Å². The summed E-state index contributed by atoms with van der Waals surface area (Å²) in [6.07, 6.45) is 0. The minimum Gasteiger partial charge on any atom is -0.497 e. The summed E-state index contributed by atoms with van der Waals surface area (Å²) < 4.78 is 5.25. The molecule has 4 heteroatoms. The van der Waals surface area contributed by atoms with E-state index in [9.17, 15) is 0 Å². The molecule has 1 N–H and O–H groups in total. The molecule has 0 spiro atoms. The molecule has 0 aliphatic carbocycles. The fraction of sp³-hybridized carbons (Fsp3) is 0.158. The van der Waals surface area contributed by atoms with Crippen molar-refractivity contribution in [2.45, 2.75) is 13.8 Å². The number of aryl methyl sites for hydroxylation is 2. The predicted molar refractivity (Wildman–Crippen MR) is 93.2 cm³/mol. The Balaban J connectivity index is 1.94. The molecule has 3 rings (SSSR count). The van der Waals surface area contributed by atoms with Gasteiger partial charge in [0.15, 0.2) is 5.82 Å². The molecule has 23 heavy (non-hydrogen) atoms. The summed E-state index contributed by atoms with van der Waals surface area (Å²) >= 11 is 0. The number of nitrogens with one attached hydrogen (secondary N) is 1. The molecular formula is C19H19N3O. The number of hydrogen-bond acceptors (Lipinski definition) is 4. The summed E-state index contributed by atoms with van der Waals surface area (Å²) in [6, 6.07) is 17.9. The lowest BCUT2D eigenvalue weighted by atomic mass is 10.1. The second-order valence-corrected chi connectivity index (χ2v) is 5.44. The number of methoxy groups -OCH3 is 1. The molecule has 1 heterocycles. The number of hydrogen-bond donors (Lipinski definition) is 1. The molecule has 0 atom stereocenters. The van der Waals surface area contributed by atoms with Gasteiger partial charge in [0.25, 0.3) is 0 Å². The number of anilines is 2. The third-order valence-electron chi connectivity index (χ3n) is 3.47. The van der Waals surface area contributed by atoms with E-state index >= 15 is 0 Å². The van der Waals surface area contributed by atoms with E-state index in [1.165, 1.54) is 5.56 Å². The van der Waals surface area contributed by atoms with E-state index < -0.39 is 0 Å². The Labute approximate surface area is 136 Å². The van der Waals surface area contributed by atoms with E-state index in [2.05, 4.69) is 34.3 Å². The Bertz CT molecular complexity index is 830. The van der Waals surface area contributed by atoms with Gasteiger partial charge >= 0.3 is 0 Å². The topological polar surface area (TPSA) is 47.0 Å². The van der Waals surface area contributed by atoms with E-state index in [1.54, 1.807) is 7.11 Å². The lowest BCUT2D eigenvalue weighted by Gasteiger charge is -2.10. The Morgan fingerprint density at radius 3 is 2.52 bits per heavy atom. The molecule has 3 aromatic rings. The largest absolute Gasteiger partial charge is 0.497 e. The molecule has 0 aliphatic heterocycles. The molecule has 0 radical (unpaired) electrons. The first-order chi connectivity index (χ1) is 11.1. The van der Waals surface area contributed by atoms with Crippen LogP contribution in [0, 0.1) is 13.8 Å². The van der Waals surface area contributed by atoms with Gasteiger partial charge in [-0.3, -0.25) is 0 Å². The highest BCUT2D eigenvalue weighted by atomic mass is 16.5. The van der Waals surface area contributed by atoms with Crippen molar-refractivity contribution in [1.29, 1.82) is 0 Å². The number of rotatable bonds is 4. The number of nitrogens with zero attached hydrogens (tertiary/aromatic N) is 2. The van der Waals surface area contributed by atoms with Gasteiger partial charge in [-0.05, 0) is 32.0 Å². The zero-order chi connectivity index (χ0) is 16.2. The monoisotopic (exact) mass is 305 g/mol. The molecule has 0 saturated carbocycles. The van der Waals surface area contributed by atoms with Crippen LogP contribution in [-0.4, -0.2) is 17.1 Å². The highest BCUT2D eigenvalue weighted by molar-refractivity contribution is 5.63. The van der Waals surface area contributed by atoms with Crippen LogP contribution in [0.15, 0.2) is 54.6 Å². The minimum absolute atomic E-state index is 0.721. The molecule has 0 saturated heterocycles. The molecule has 0 fully saturated rings. The van der Waals surface area contributed by atoms with Crippen LogP contribution in [0.4, 0.5) is 11.5 Å². The summed E-state index contributed by atoms with van der Waals surface area (Å²) in [6.45, 7) is 4.03. The third kappa shape index (κ3) is 3.66. The van der Waals surface area contributed by atoms with Crippen LogP contribution in [0.2, 0.25) is 0 Å². The predicted octanol–water partition coefficient (Wildman–Crippen LogP) is 4.51. The maximum Gasteiger partial charge on any atom is 0.161 e. The van der Waals surface area contributed by atoms with Crippen molar-refractivity contribution >= 4 is 11.5 Å². The van der Waals surface area contributed by atoms with Gasteiger partial charge in [-0.2, -0.15) is 0 Å². The summed E-state index contributed by atoms with van der Waals surface area (Å²) in [4.78, 5) is 9.18. The summed E-state index contributed by atoms with van der Waals surface area (Å²) in [5.74, 6) is 2.29. The fourth-order valence-corrected chi connectivity index (χ4v) is 2.39. The van der Waals surface area contributed by atoms with E-state index in [1.807, 2.05) is 49.4 Å². The van der Waals surface area contributed by atoms with Crippen molar-refractivity contribution < 1.29 is 4.74 Å². The van der Waals surface area contributed by atoms with Crippen molar-refractivity contribution in [3.05, 3.63) is 65.9 Å². The Hall–Kier alpha value is -2.88. The highest BCUT2D eigenvalue weighted by Crippen LogP contribution is 2.23.